The summed E-state index contributed by atoms with van der Waals surface area (Å²) in [4.78, 5) is 27.0. The first kappa shape index (κ1) is 14.9. The summed E-state index contributed by atoms with van der Waals surface area (Å²) in [5.74, 6) is 0.381. The molecule has 0 atom stereocenters. The van der Waals surface area contributed by atoms with Gasteiger partial charge in [0.1, 0.15) is 5.82 Å². The van der Waals surface area contributed by atoms with Crippen LogP contribution in [0, 0.1) is 0 Å². The van der Waals surface area contributed by atoms with Crippen molar-refractivity contribution in [3.63, 3.8) is 0 Å². The fourth-order valence-electron chi connectivity index (χ4n) is 1.44. The van der Waals surface area contributed by atoms with Gasteiger partial charge in [-0.05, 0) is 18.6 Å². The summed E-state index contributed by atoms with van der Waals surface area (Å²) in [5.41, 5.74) is 0.533. The van der Waals surface area contributed by atoms with E-state index in [-0.39, 0.29) is 18.2 Å². The molecule has 6 nitrogen and oxygen atoms in total. The first-order chi connectivity index (χ1) is 9.17. The molecule has 3 N–H and O–H groups in total. The minimum Gasteiger partial charge on any atom is -0.370 e. The van der Waals surface area contributed by atoms with Crippen molar-refractivity contribution in [2.24, 2.45) is 0 Å². The maximum Gasteiger partial charge on any atom is 0.251 e. The smallest absolute Gasteiger partial charge is 0.251 e. The predicted molar refractivity (Wildman–Crippen MR) is 74.0 cm³/mol. The average Bonchev–Trinajstić information content (AvgIpc) is 2.45. The molecule has 0 unspecified atom stereocenters. The van der Waals surface area contributed by atoms with Crippen LogP contribution in [0.1, 0.15) is 30.1 Å². The number of rotatable bonds is 7. The Hall–Kier alpha value is -2.11. The Kier molecular flexibility index (Phi) is 6.35. The van der Waals surface area contributed by atoms with Crippen LogP contribution in [0.25, 0.3) is 0 Å². The topological polar surface area (TPSA) is 83.1 Å². The first-order valence-electron chi connectivity index (χ1n) is 6.36. The molecule has 0 radical (unpaired) electrons. The molecule has 104 valence electrons. The maximum absolute atomic E-state index is 11.8. The van der Waals surface area contributed by atoms with Crippen LogP contribution in [0.5, 0.6) is 0 Å². The van der Waals surface area contributed by atoms with E-state index in [9.17, 15) is 9.59 Å². The summed E-state index contributed by atoms with van der Waals surface area (Å²) >= 11 is 0. The van der Waals surface area contributed by atoms with Gasteiger partial charge in [-0.2, -0.15) is 0 Å². The number of carbonyl (C=O) groups is 2. The van der Waals surface area contributed by atoms with Crippen LogP contribution < -0.4 is 16.0 Å². The number of hydrogen-bond donors (Lipinski definition) is 3. The normalized spacial score (nSPS) is 9.79. The minimum atomic E-state index is -0.203. The molecule has 0 bridgehead atoms. The van der Waals surface area contributed by atoms with E-state index in [0.717, 1.165) is 13.0 Å². The van der Waals surface area contributed by atoms with Crippen molar-refractivity contribution in [1.82, 2.24) is 15.6 Å². The summed E-state index contributed by atoms with van der Waals surface area (Å²) in [6.07, 6.45) is 2.85. The highest BCUT2D eigenvalue weighted by atomic mass is 16.2. The predicted octanol–water partition coefficient (Wildman–Crippen LogP) is 0.769. The standard InChI is InChI=1S/C13H20N4O2/c1-3-6-15-11-9-10(4-7-16-11)13(19)17-8-5-12(18)14-2/h4,7,9H,3,5-6,8H2,1-2H3,(H,14,18)(H,15,16)(H,17,19). The zero-order chi connectivity index (χ0) is 14.1. The van der Waals surface area contributed by atoms with E-state index in [0.29, 0.717) is 17.9 Å². The van der Waals surface area contributed by atoms with E-state index < -0.39 is 0 Å². The molecule has 0 aliphatic heterocycles. The number of anilines is 1. The van der Waals surface area contributed by atoms with Crippen LogP contribution in [-0.2, 0) is 4.79 Å². The molecule has 1 heterocycles. The number of carbonyl (C=O) groups excluding carboxylic acids is 2. The third-order valence-corrected chi connectivity index (χ3v) is 2.49. The highest BCUT2D eigenvalue weighted by Crippen LogP contribution is 2.06. The monoisotopic (exact) mass is 264 g/mol. The third kappa shape index (κ3) is 5.37. The van der Waals surface area contributed by atoms with Gasteiger partial charge in [0.2, 0.25) is 5.91 Å². The largest absolute Gasteiger partial charge is 0.370 e. The summed E-state index contributed by atoms with van der Waals surface area (Å²) < 4.78 is 0. The molecule has 2 amide bonds. The number of amides is 2. The van der Waals surface area contributed by atoms with Gasteiger partial charge < -0.3 is 16.0 Å². The number of hydrogen-bond acceptors (Lipinski definition) is 4. The molecule has 1 aromatic heterocycles. The number of nitrogens with zero attached hydrogens (tertiary/aromatic N) is 1. The van der Waals surface area contributed by atoms with Gasteiger partial charge in [0.25, 0.3) is 5.91 Å². The lowest BCUT2D eigenvalue weighted by Crippen LogP contribution is -2.29. The zero-order valence-electron chi connectivity index (χ0n) is 11.3. The van der Waals surface area contributed by atoms with Crippen LogP contribution in [0.2, 0.25) is 0 Å². The van der Waals surface area contributed by atoms with Crippen molar-refractivity contribution >= 4 is 17.6 Å². The van der Waals surface area contributed by atoms with E-state index >= 15 is 0 Å². The molecule has 19 heavy (non-hydrogen) atoms. The Balaban J connectivity index is 2.49. The Morgan fingerprint density at radius 3 is 2.79 bits per heavy atom. The summed E-state index contributed by atoms with van der Waals surface area (Å²) in [6.45, 7) is 3.19. The van der Waals surface area contributed by atoms with Gasteiger partial charge in [0.15, 0.2) is 0 Å². The molecule has 0 aliphatic rings. The fraction of sp³-hybridized carbons (Fsp3) is 0.462. The van der Waals surface area contributed by atoms with Crippen molar-refractivity contribution in [3.05, 3.63) is 23.9 Å². The fourth-order valence-corrected chi connectivity index (χ4v) is 1.44. The Bertz CT molecular complexity index is 434. The molecule has 1 aromatic rings. The van der Waals surface area contributed by atoms with Crippen molar-refractivity contribution in [2.75, 3.05) is 25.5 Å². The minimum absolute atomic E-state index is 0.0969. The summed E-state index contributed by atoms with van der Waals surface area (Å²) in [6, 6.07) is 3.34. The Morgan fingerprint density at radius 2 is 2.11 bits per heavy atom. The molecule has 0 spiro atoms. The Labute approximate surface area is 113 Å². The summed E-state index contributed by atoms with van der Waals surface area (Å²) in [5, 5.41) is 8.31. The SMILES string of the molecule is CCCNc1cc(C(=O)NCCC(=O)NC)ccn1. The lowest BCUT2D eigenvalue weighted by molar-refractivity contribution is -0.120. The number of pyridine rings is 1. The van der Waals surface area contributed by atoms with Crippen LogP contribution in [0.4, 0.5) is 5.82 Å². The van der Waals surface area contributed by atoms with Crippen LogP contribution in [0.3, 0.4) is 0 Å². The van der Waals surface area contributed by atoms with E-state index in [1.54, 1.807) is 25.4 Å². The second kappa shape index (κ2) is 8.07. The number of nitrogens with one attached hydrogen (secondary N) is 3. The zero-order valence-corrected chi connectivity index (χ0v) is 11.3. The Morgan fingerprint density at radius 1 is 1.32 bits per heavy atom. The molecule has 6 heteroatoms. The van der Waals surface area contributed by atoms with Crippen LogP contribution in [0.15, 0.2) is 18.3 Å². The van der Waals surface area contributed by atoms with Crippen molar-refractivity contribution in [1.29, 1.82) is 0 Å². The molecule has 0 saturated carbocycles. The molecule has 0 aromatic carbocycles. The van der Waals surface area contributed by atoms with Crippen LogP contribution >= 0.6 is 0 Å². The lowest BCUT2D eigenvalue weighted by Gasteiger charge is -2.07. The van der Waals surface area contributed by atoms with Gasteiger partial charge in [-0.3, -0.25) is 9.59 Å². The quantitative estimate of drug-likeness (QED) is 0.679. The van der Waals surface area contributed by atoms with Gasteiger partial charge in [0.05, 0.1) is 0 Å². The van der Waals surface area contributed by atoms with Crippen molar-refractivity contribution < 1.29 is 9.59 Å². The lowest BCUT2D eigenvalue weighted by atomic mass is 10.2. The van der Waals surface area contributed by atoms with E-state index in [1.165, 1.54) is 0 Å². The number of aromatic nitrogens is 1. The molecule has 0 aliphatic carbocycles. The van der Waals surface area contributed by atoms with Gasteiger partial charge in [-0.15, -0.1) is 0 Å². The molecule has 1 rings (SSSR count). The first-order valence-corrected chi connectivity index (χ1v) is 6.36. The van der Waals surface area contributed by atoms with E-state index in [4.69, 9.17) is 0 Å². The van der Waals surface area contributed by atoms with Gasteiger partial charge >= 0.3 is 0 Å². The molecular weight excluding hydrogens is 244 g/mol. The summed E-state index contributed by atoms with van der Waals surface area (Å²) in [7, 11) is 1.57. The highest BCUT2D eigenvalue weighted by Gasteiger charge is 2.07. The highest BCUT2D eigenvalue weighted by molar-refractivity contribution is 5.95. The van der Waals surface area contributed by atoms with Crippen molar-refractivity contribution in [2.45, 2.75) is 19.8 Å². The van der Waals surface area contributed by atoms with Crippen molar-refractivity contribution in [3.8, 4) is 0 Å². The van der Waals surface area contributed by atoms with Gasteiger partial charge in [-0.1, -0.05) is 6.92 Å². The third-order valence-electron chi connectivity index (χ3n) is 2.49. The van der Waals surface area contributed by atoms with E-state index in [2.05, 4.69) is 27.9 Å². The molecule has 0 saturated heterocycles. The molecule has 0 fully saturated rings. The average molecular weight is 264 g/mol. The second-order valence-electron chi connectivity index (χ2n) is 4.04. The molecular formula is C13H20N4O2. The van der Waals surface area contributed by atoms with Crippen LogP contribution in [-0.4, -0.2) is 36.9 Å². The second-order valence-corrected chi connectivity index (χ2v) is 4.04. The van der Waals surface area contributed by atoms with Gasteiger partial charge in [0, 0.05) is 38.3 Å². The van der Waals surface area contributed by atoms with Gasteiger partial charge in [-0.25, -0.2) is 4.98 Å². The maximum atomic E-state index is 11.8. The van der Waals surface area contributed by atoms with E-state index in [1.807, 2.05) is 0 Å².